The lowest BCUT2D eigenvalue weighted by atomic mass is 10.1. The standard InChI is InChI=1S/C22H24F2N2O2/c23-19-6-3-4-17(16-19)8-10-21(27)25-12-14-26(15-13-25)22(28)11-9-18-5-1-2-7-20(18)24/h1-7,16H,8-15H2. The second-order valence-corrected chi connectivity index (χ2v) is 6.98. The van der Waals surface area contributed by atoms with E-state index in [1.165, 1.54) is 18.2 Å². The van der Waals surface area contributed by atoms with Crippen LogP contribution in [-0.2, 0) is 22.4 Å². The lowest BCUT2D eigenvalue weighted by Gasteiger charge is -2.35. The molecule has 0 spiro atoms. The first-order chi connectivity index (χ1) is 13.5. The number of rotatable bonds is 6. The summed E-state index contributed by atoms with van der Waals surface area (Å²) in [6.45, 7) is 1.96. The van der Waals surface area contributed by atoms with Gasteiger partial charge in [0.15, 0.2) is 0 Å². The molecule has 1 aliphatic rings. The van der Waals surface area contributed by atoms with Crippen LogP contribution >= 0.6 is 0 Å². The number of hydrogen-bond acceptors (Lipinski definition) is 2. The Morgan fingerprint density at radius 3 is 2.00 bits per heavy atom. The van der Waals surface area contributed by atoms with Crippen LogP contribution in [0.4, 0.5) is 8.78 Å². The Morgan fingerprint density at radius 2 is 1.39 bits per heavy atom. The van der Waals surface area contributed by atoms with Gasteiger partial charge in [-0.15, -0.1) is 0 Å². The van der Waals surface area contributed by atoms with Gasteiger partial charge in [0.25, 0.3) is 0 Å². The monoisotopic (exact) mass is 386 g/mol. The molecule has 2 amide bonds. The summed E-state index contributed by atoms with van der Waals surface area (Å²) in [6, 6.07) is 12.8. The van der Waals surface area contributed by atoms with Crippen LogP contribution in [-0.4, -0.2) is 47.8 Å². The molecule has 0 saturated carbocycles. The number of nitrogens with zero attached hydrogens (tertiary/aromatic N) is 2. The molecule has 0 radical (unpaired) electrons. The van der Waals surface area contributed by atoms with Crippen LogP contribution in [0.2, 0.25) is 0 Å². The summed E-state index contributed by atoms with van der Waals surface area (Å²) in [4.78, 5) is 28.2. The van der Waals surface area contributed by atoms with E-state index in [-0.39, 0.29) is 29.9 Å². The van der Waals surface area contributed by atoms with E-state index in [1.807, 2.05) is 6.07 Å². The third kappa shape index (κ3) is 5.38. The molecule has 2 aromatic carbocycles. The van der Waals surface area contributed by atoms with Crippen LogP contribution < -0.4 is 0 Å². The molecule has 28 heavy (non-hydrogen) atoms. The van der Waals surface area contributed by atoms with Crippen molar-refractivity contribution in [2.75, 3.05) is 26.2 Å². The van der Waals surface area contributed by atoms with Crippen LogP contribution in [0, 0.1) is 11.6 Å². The summed E-state index contributed by atoms with van der Waals surface area (Å²) in [6.07, 6.45) is 1.45. The Labute approximate surface area is 163 Å². The minimum absolute atomic E-state index is 0.0164. The molecule has 2 aromatic rings. The Bertz CT molecular complexity index is 833. The average Bonchev–Trinajstić information content (AvgIpc) is 2.71. The van der Waals surface area contributed by atoms with Gasteiger partial charge in [0.1, 0.15) is 11.6 Å². The third-order valence-electron chi connectivity index (χ3n) is 5.07. The van der Waals surface area contributed by atoms with Gasteiger partial charge in [-0.25, -0.2) is 8.78 Å². The van der Waals surface area contributed by atoms with Crippen molar-refractivity contribution in [2.24, 2.45) is 0 Å². The third-order valence-corrected chi connectivity index (χ3v) is 5.07. The van der Waals surface area contributed by atoms with E-state index in [0.717, 1.165) is 5.56 Å². The summed E-state index contributed by atoms with van der Waals surface area (Å²) in [5, 5.41) is 0. The van der Waals surface area contributed by atoms with Crippen molar-refractivity contribution in [3.63, 3.8) is 0 Å². The second kappa shape index (κ2) is 9.44. The fourth-order valence-corrected chi connectivity index (χ4v) is 3.41. The molecule has 0 unspecified atom stereocenters. The van der Waals surface area contributed by atoms with Crippen LogP contribution in [0.15, 0.2) is 48.5 Å². The Hall–Kier alpha value is -2.76. The zero-order valence-corrected chi connectivity index (χ0v) is 15.7. The van der Waals surface area contributed by atoms with Crippen LogP contribution in [0.25, 0.3) is 0 Å². The van der Waals surface area contributed by atoms with E-state index in [4.69, 9.17) is 0 Å². The van der Waals surface area contributed by atoms with Crippen molar-refractivity contribution in [1.29, 1.82) is 0 Å². The van der Waals surface area contributed by atoms with Gasteiger partial charge in [-0.05, 0) is 42.2 Å². The number of benzene rings is 2. The number of aryl methyl sites for hydroxylation is 2. The summed E-state index contributed by atoms with van der Waals surface area (Å²) < 4.78 is 26.9. The topological polar surface area (TPSA) is 40.6 Å². The molecule has 0 atom stereocenters. The molecule has 0 bridgehead atoms. The molecule has 148 valence electrons. The predicted molar refractivity (Wildman–Crippen MR) is 103 cm³/mol. The minimum atomic E-state index is -0.299. The molecule has 1 fully saturated rings. The number of piperazine rings is 1. The van der Waals surface area contributed by atoms with Crippen molar-refractivity contribution < 1.29 is 18.4 Å². The highest BCUT2D eigenvalue weighted by Gasteiger charge is 2.23. The molecular weight excluding hydrogens is 362 g/mol. The average molecular weight is 386 g/mol. The van der Waals surface area contributed by atoms with Crippen molar-refractivity contribution in [3.8, 4) is 0 Å². The molecule has 6 heteroatoms. The Morgan fingerprint density at radius 1 is 0.786 bits per heavy atom. The SMILES string of the molecule is O=C(CCc1cccc(F)c1)N1CCN(C(=O)CCc2ccccc2F)CC1. The van der Waals surface area contributed by atoms with Crippen molar-refractivity contribution >= 4 is 11.8 Å². The van der Waals surface area contributed by atoms with Crippen molar-refractivity contribution in [1.82, 2.24) is 9.80 Å². The van der Waals surface area contributed by atoms with Gasteiger partial charge in [-0.3, -0.25) is 9.59 Å². The first-order valence-corrected chi connectivity index (χ1v) is 9.56. The lowest BCUT2D eigenvalue weighted by molar-refractivity contribution is -0.139. The molecule has 3 rings (SSSR count). The number of amides is 2. The molecule has 0 aromatic heterocycles. The normalized spacial score (nSPS) is 14.2. The maximum absolute atomic E-state index is 13.6. The molecule has 0 aliphatic carbocycles. The van der Waals surface area contributed by atoms with Gasteiger partial charge in [0, 0.05) is 39.0 Å². The lowest BCUT2D eigenvalue weighted by Crippen LogP contribution is -2.50. The van der Waals surface area contributed by atoms with E-state index in [9.17, 15) is 18.4 Å². The van der Waals surface area contributed by atoms with E-state index < -0.39 is 0 Å². The molecule has 1 aliphatic heterocycles. The maximum atomic E-state index is 13.6. The Kier molecular flexibility index (Phi) is 6.74. The smallest absolute Gasteiger partial charge is 0.223 e. The summed E-state index contributed by atoms with van der Waals surface area (Å²) in [7, 11) is 0. The zero-order chi connectivity index (χ0) is 19.9. The van der Waals surface area contributed by atoms with Gasteiger partial charge in [-0.1, -0.05) is 30.3 Å². The first-order valence-electron chi connectivity index (χ1n) is 9.56. The zero-order valence-electron chi connectivity index (χ0n) is 15.7. The van der Waals surface area contributed by atoms with Crippen LogP contribution in [0.5, 0.6) is 0 Å². The summed E-state index contributed by atoms with van der Waals surface area (Å²) in [5.74, 6) is -0.589. The Balaban J connectivity index is 1.41. The molecule has 1 saturated heterocycles. The predicted octanol–water partition coefficient (Wildman–Crippen LogP) is 3.20. The van der Waals surface area contributed by atoms with Gasteiger partial charge in [0.05, 0.1) is 0 Å². The molecular formula is C22H24F2N2O2. The molecule has 1 heterocycles. The highest BCUT2D eigenvalue weighted by molar-refractivity contribution is 5.78. The summed E-state index contributed by atoms with van der Waals surface area (Å²) >= 11 is 0. The number of carbonyl (C=O) groups excluding carboxylic acids is 2. The quantitative estimate of drug-likeness (QED) is 0.765. The van der Waals surface area contributed by atoms with Crippen molar-refractivity contribution in [2.45, 2.75) is 25.7 Å². The highest BCUT2D eigenvalue weighted by atomic mass is 19.1. The first kappa shape index (κ1) is 20.0. The van der Waals surface area contributed by atoms with E-state index >= 15 is 0 Å². The second-order valence-electron chi connectivity index (χ2n) is 6.98. The van der Waals surface area contributed by atoms with Gasteiger partial charge in [0.2, 0.25) is 11.8 Å². The van der Waals surface area contributed by atoms with E-state index in [2.05, 4.69) is 0 Å². The maximum Gasteiger partial charge on any atom is 0.223 e. The van der Waals surface area contributed by atoms with Crippen LogP contribution in [0.3, 0.4) is 0 Å². The van der Waals surface area contributed by atoms with Crippen LogP contribution in [0.1, 0.15) is 24.0 Å². The number of hydrogen-bond donors (Lipinski definition) is 0. The fraction of sp³-hybridized carbons (Fsp3) is 0.364. The van der Waals surface area contributed by atoms with Crippen molar-refractivity contribution in [3.05, 3.63) is 71.3 Å². The van der Waals surface area contributed by atoms with E-state index in [1.54, 1.807) is 34.1 Å². The fourth-order valence-electron chi connectivity index (χ4n) is 3.41. The van der Waals surface area contributed by atoms with E-state index in [0.29, 0.717) is 51.0 Å². The number of halogens is 2. The minimum Gasteiger partial charge on any atom is -0.339 e. The summed E-state index contributed by atoms with van der Waals surface area (Å²) in [5.41, 5.74) is 1.34. The van der Waals surface area contributed by atoms with Gasteiger partial charge < -0.3 is 9.80 Å². The van der Waals surface area contributed by atoms with Gasteiger partial charge >= 0.3 is 0 Å². The molecule has 4 nitrogen and oxygen atoms in total. The largest absolute Gasteiger partial charge is 0.339 e. The number of carbonyl (C=O) groups is 2. The van der Waals surface area contributed by atoms with Gasteiger partial charge in [-0.2, -0.15) is 0 Å². The highest BCUT2D eigenvalue weighted by Crippen LogP contribution is 2.13. The molecule has 0 N–H and O–H groups in total.